The topological polar surface area (TPSA) is 75.4 Å². The van der Waals surface area contributed by atoms with Crippen molar-refractivity contribution in [3.05, 3.63) is 0 Å². The molecule has 5 nitrogen and oxygen atoms in total. The van der Waals surface area contributed by atoms with E-state index in [1.165, 1.54) is 19.3 Å². The lowest BCUT2D eigenvalue weighted by molar-refractivity contribution is -0.124. The Morgan fingerprint density at radius 1 is 1.30 bits per heavy atom. The molecule has 1 aliphatic rings. The maximum atomic E-state index is 11.9. The summed E-state index contributed by atoms with van der Waals surface area (Å²) in [6.07, 6.45) is 6.19. The van der Waals surface area contributed by atoms with Gasteiger partial charge in [-0.15, -0.1) is 0 Å². The van der Waals surface area contributed by atoms with Crippen molar-refractivity contribution in [3.63, 3.8) is 0 Å². The van der Waals surface area contributed by atoms with E-state index in [2.05, 4.69) is 24.1 Å². The summed E-state index contributed by atoms with van der Waals surface area (Å²) in [5, 5.41) is 3.05. The molecule has 20 heavy (non-hydrogen) atoms. The summed E-state index contributed by atoms with van der Waals surface area (Å²) >= 11 is 0. The Balaban J connectivity index is 2.18. The van der Waals surface area contributed by atoms with Crippen molar-refractivity contribution in [2.75, 3.05) is 19.6 Å². The van der Waals surface area contributed by atoms with Crippen LogP contribution in [0.15, 0.2) is 0 Å². The Labute approximate surface area is 122 Å². The first-order valence-corrected chi connectivity index (χ1v) is 7.84. The number of hydrogen-bond donors (Lipinski definition) is 2. The van der Waals surface area contributed by atoms with Crippen molar-refractivity contribution >= 4 is 11.8 Å². The van der Waals surface area contributed by atoms with E-state index >= 15 is 0 Å². The van der Waals surface area contributed by atoms with Gasteiger partial charge in [-0.3, -0.25) is 14.5 Å². The third kappa shape index (κ3) is 6.37. The predicted molar refractivity (Wildman–Crippen MR) is 80.1 cm³/mol. The van der Waals surface area contributed by atoms with E-state index in [1.54, 1.807) is 0 Å². The second-order valence-electron chi connectivity index (χ2n) is 5.92. The smallest absolute Gasteiger partial charge is 0.234 e. The number of likely N-dealkylation sites (tertiary alicyclic amines) is 1. The Kier molecular flexibility index (Phi) is 7.59. The molecule has 1 aliphatic heterocycles. The minimum absolute atomic E-state index is 0.0118. The summed E-state index contributed by atoms with van der Waals surface area (Å²) in [4.78, 5) is 25.1. The third-order valence-electron chi connectivity index (χ3n) is 4.01. The van der Waals surface area contributed by atoms with Crippen LogP contribution in [0.3, 0.4) is 0 Å². The molecule has 1 unspecified atom stereocenters. The fourth-order valence-corrected chi connectivity index (χ4v) is 2.67. The number of carbonyl (C=O) groups excluding carboxylic acids is 2. The van der Waals surface area contributed by atoms with Crippen LogP contribution in [0.2, 0.25) is 0 Å². The summed E-state index contributed by atoms with van der Waals surface area (Å²) in [6.45, 7) is 6.24. The number of primary amides is 1. The van der Waals surface area contributed by atoms with Crippen molar-refractivity contribution in [3.8, 4) is 0 Å². The first kappa shape index (κ1) is 17.0. The van der Waals surface area contributed by atoms with Crippen LogP contribution in [0, 0.1) is 5.92 Å². The number of carbonyl (C=O) groups is 2. The van der Waals surface area contributed by atoms with Crippen LogP contribution in [-0.2, 0) is 9.59 Å². The van der Waals surface area contributed by atoms with Crippen molar-refractivity contribution in [2.45, 2.75) is 58.4 Å². The SMILES string of the molecule is CCCCCC(C)NC(=O)CN1CCC(C(N)=O)CC1. The molecule has 3 N–H and O–H groups in total. The fraction of sp³-hybridized carbons (Fsp3) is 0.867. The highest BCUT2D eigenvalue weighted by Gasteiger charge is 2.24. The molecule has 0 aliphatic carbocycles. The van der Waals surface area contributed by atoms with Gasteiger partial charge in [0.25, 0.3) is 0 Å². The number of amides is 2. The van der Waals surface area contributed by atoms with Gasteiger partial charge in [0.15, 0.2) is 0 Å². The van der Waals surface area contributed by atoms with Gasteiger partial charge in [0.2, 0.25) is 11.8 Å². The fourth-order valence-electron chi connectivity index (χ4n) is 2.67. The molecule has 1 fully saturated rings. The van der Waals surface area contributed by atoms with E-state index < -0.39 is 0 Å². The molecule has 1 saturated heterocycles. The normalized spacial score (nSPS) is 18.7. The van der Waals surface area contributed by atoms with Crippen LogP contribution in [0.4, 0.5) is 0 Å². The minimum Gasteiger partial charge on any atom is -0.369 e. The number of nitrogens with one attached hydrogen (secondary N) is 1. The van der Waals surface area contributed by atoms with Crippen LogP contribution >= 0.6 is 0 Å². The van der Waals surface area contributed by atoms with Gasteiger partial charge < -0.3 is 11.1 Å². The van der Waals surface area contributed by atoms with E-state index in [4.69, 9.17) is 5.73 Å². The van der Waals surface area contributed by atoms with Gasteiger partial charge in [-0.2, -0.15) is 0 Å². The van der Waals surface area contributed by atoms with E-state index in [0.717, 1.165) is 32.4 Å². The van der Waals surface area contributed by atoms with Crippen LogP contribution < -0.4 is 11.1 Å². The van der Waals surface area contributed by atoms with Gasteiger partial charge in [-0.05, 0) is 39.3 Å². The Morgan fingerprint density at radius 2 is 1.95 bits per heavy atom. The largest absolute Gasteiger partial charge is 0.369 e. The first-order chi connectivity index (χ1) is 9.52. The molecule has 0 bridgehead atoms. The highest BCUT2D eigenvalue weighted by Crippen LogP contribution is 2.16. The lowest BCUT2D eigenvalue weighted by Crippen LogP contribution is -2.45. The quantitative estimate of drug-likeness (QED) is 0.659. The molecule has 0 aromatic heterocycles. The number of rotatable bonds is 8. The van der Waals surface area contributed by atoms with E-state index in [-0.39, 0.29) is 23.8 Å². The molecule has 1 rings (SSSR count). The van der Waals surface area contributed by atoms with Crippen molar-refractivity contribution in [2.24, 2.45) is 11.7 Å². The third-order valence-corrected chi connectivity index (χ3v) is 4.01. The zero-order chi connectivity index (χ0) is 15.0. The number of nitrogens with two attached hydrogens (primary N) is 1. The van der Waals surface area contributed by atoms with Gasteiger partial charge in [-0.25, -0.2) is 0 Å². The highest BCUT2D eigenvalue weighted by atomic mass is 16.2. The van der Waals surface area contributed by atoms with Gasteiger partial charge in [-0.1, -0.05) is 26.2 Å². The Morgan fingerprint density at radius 3 is 2.50 bits per heavy atom. The molecule has 1 heterocycles. The average molecular weight is 283 g/mol. The molecule has 0 aromatic rings. The second kappa shape index (κ2) is 8.95. The lowest BCUT2D eigenvalue weighted by Gasteiger charge is -2.30. The van der Waals surface area contributed by atoms with E-state index in [0.29, 0.717) is 6.54 Å². The number of hydrogen-bond acceptors (Lipinski definition) is 3. The lowest BCUT2D eigenvalue weighted by atomic mass is 9.96. The van der Waals surface area contributed by atoms with Crippen LogP contribution in [-0.4, -0.2) is 42.4 Å². The molecule has 0 spiro atoms. The minimum atomic E-state index is -0.210. The maximum Gasteiger partial charge on any atom is 0.234 e. The first-order valence-electron chi connectivity index (χ1n) is 7.84. The molecular weight excluding hydrogens is 254 g/mol. The molecule has 1 atom stereocenters. The molecule has 116 valence electrons. The molecule has 5 heteroatoms. The number of nitrogens with zero attached hydrogens (tertiary/aromatic N) is 1. The van der Waals surface area contributed by atoms with Gasteiger partial charge in [0.05, 0.1) is 6.54 Å². The summed E-state index contributed by atoms with van der Waals surface area (Å²) in [7, 11) is 0. The summed E-state index contributed by atoms with van der Waals surface area (Å²) < 4.78 is 0. The molecule has 0 radical (unpaired) electrons. The van der Waals surface area contributed by atoms with Crippen LogP contribution in [0.25, 0.3) is 0 Å². The Bertz CT molecular complexity index is 312. The number of unbranched alkanes of at least 4 members (excludes halogenated alkanes) is 2. The molecule has 0 aromatic carbocycles. The zero-order valence-corrected chi connectivity index (χ0v) is 12.9. The van der Waals surface area contributed by atoms with E-state index in [1.807, 2.05) is 0 Å². The van der Waals surface area contributed by atoms with Gasteiger partial charge in [0, 0.05) is 12.0 Å². The van der Waals surface area contributed by atoms with E-state index in [9.17, 15) is 9.59 Å². The average Bonchev–Trinajstić information content (AvgIpc) is 2.39. The zero-order valence-electron chi connectivity index (χ0n) is 12.9. The van der Waals surface area contributed by atoms with Crippen molar-refractivity contribution in [1.29, 1.82) is 0 Å². The van der Waals surface area contributed by atoms with Gasteiger partial charge >= 0.3 is 0 Å². The highest BCUT2D eigenvalue weighted by molar-refractivity contribution is 5.78. The predicted octanol–water partition coefficient (Wildman–Crippen LogP) is 1.27. The number of piperidine rings is 1. The summed E-state index contributed by atoms with van der Waals surface area (Å²) in [6, 6.07) is 0.247. The molecular formula is C15H29N3O2. The van der Waals surface area contributed by atoms with Crippen molar-refractivity contribution in [1.82, 2.24) is 10.2 Å². The summed E-state index contributed by atoms with van der Waals surface area (Å²) in [5.74, 6) is -0.132. The monoisotopic (exact) mass is 283 g/mol. The maximum absolute atomic E-state index is 11.9. The second-order valence-corrected chi connectivity index (χ2v) is 5.92. The van der Waals surface area contributed by atoms with Crippen LogP contribution in [0.5, 0.6) is 0 Å². The standard InChI is InChI=1S/C15H29N3O2/c1-3-4-5-6-12(2)17-14(19)11-18-9-7-13(8-10-18)15(16)20/h12-13H,3-11H2,1-2H3,(H2,16,20)(H,17,19). The molecule has 2 amide bonds. The molecule has 0 saturated carbocycles. The van der Waals surface area contributed by atoms with Crippen LogP contribution in [0.1, 0.15) is 52.4 Å². The Hall–Kier alpha value is -1.10. The van der Waals surface area contributed by atoms with Crippen molar-refractivity contribution < 1.29 is 9.59 Å². The van der Waals surface area contributed by atoms with Gasteiger partial charge in [0.1, 0.15) is 0 Å². The summed E-state index contributed by atoms with van der Waals surface area (Å²) in [5.41, 5.74) is 5.30.